The fraction of sp³-hybridized carbons (Fsp3) is 0.286. The van der Waals surface area contributed by atoms with Crippen molar-refractivity contribution in [3.63, 3.8) is 0 Å². The molecule has 0 amide bonds. The Morgan fingerprint density at radius 2 is 2.47 bits per heavy atom. The van der Waals surface area contributed by atoms with E-state index in [-0.39, 0.29) is 0 Å². The summed E-state index contributed by atoms with van der Waals surface area (Å²) >= 11 is 0. The maximum absolute atomic E-state index is 5.50. The number of pyridine rings is 1. The highest BCUT2D eigenvalue weighted by molar-refractivity contribution is 5.68. The first kappa shape index (κ1) is 11.6. The summed E-state index contributed by atoms with van der Waals surface area (Å²) in [5.74, 6) is 0.395. The Labute approximate surface area is 102 Å². The van der Waals surface area contributed by atoms with E-state index in [0.717, 1.165) is 36.2 Å². The van der Waals surface area contributed by atoms with Crippen LogP contribution in [0.5, 0.6) is 0 Å². The van der Waals surface area contributed by atoms with Crippen molar-refractivity contribution >= 4 is 12.3 Å². The third-order valence-electron chi connectivity index (χ3n) is 3.31. The SMILES string of the molecule is C=N/C(=C\N)CC1CCc2ncccc2C1=C. The highest BCUT2D eigenvalue weighted by Crippen LogP contribution is 2.36. The van der Waals surface area contributed by atoms with Crippen molar-refractivity contribution in [2.75, 3.05) is 0 Å². The molecule has 2 N–H and O–H groups in total. The predicted octanol–water partition coefficient (Wildman–Crippen LogP) is 2.55. The van der Waals surface area contributed by atoms with Crippen LogP contribution in [-0.4, -0.2) is 11.7 Å². The number of nitrogens with zero attached hydrogens (tertiary/aromatic N) is 2. The number of hydrogen-bond donors (Lipinski definition) is 1. The van der Waals surface area contributed by atoms with Gasteiger partial charge in [0.05, 0.1) is 5.70 Å². The third kappa shape index (κ3) is 2.28. The Balaban J connectivity index is 2.20. The molecular formula is C14H17N3. The zero-order valence-electron chi connectivity index (χ0n) is 9.89. The highest BCUT2D eigenvalue weighted by Gasteiger charge is 2.23. The average Bonchev–Trinajstić information content (AvgIpc) is 2.38. The molecule has 1 atom stereocenters. The topological polar surface area (TPSA) is 51.3 Å². The van der Waals surface area contributed by atoms with Crippen LogP contribution in [0, 0.1) is 5.92 Å². The van der Waals surface area contributed by atoms with Gasteiger partial charge in [-0.25, -0.2) is 0 Å². The lowest BCUT2D eigenvalue weighted by Gasteiger charge is -2.26. The van der Waals surface area contributed by atoms with Crippen molar-refractivity contribution in [1.82, 2.24) is 4.98 Å². The molecule has 1 aromatic heterocycles. The van der Waals surface area contributed by atoms with Gasteiger partial charge in [-0.1, -0.05) is 12.6 Å². The minimum Gasteiger partial charge on any atom is -0.403 e. The van der Waals surface area contributed by atoms with Crippen LogP contribution in [0.15, 0.2) is 41.8 Å². The van der Waals surface area contributed by atoms with Crippen molar-refractivity contribution < 1.29 is 0 Å². The molecule has 3 nitrogen and oxygen atoms in total. The first-order chi connectivity index (χ1) is 8.26. The number of allylic oxidation sites excluding steroid dienone is 2. The first-order valence-electron chi connectivity index (χ1n) is 5.76. The van der Waals surface area contributed by atoms with Crippen molar-refractivity contribution in [3.05, 3.63) is 48.1 Å². The largest absolute Gasteiger partial charge is 0.403 e. The van der Waals surface area contributed by atoms with E-state index < -0.39 is 0 Å². The Morgan fingerprint density at radius 1 is 1.65 bits per heavy atom. The average molecular weight is 227 g/mol. The molecule has 0 radical (unpaired) electrons. The van der Waals surface area contributed by atoms with Gasteiger partial charge in [0.1, 0.15) is 0 Å². The summed E-state index contributed by atoms with van der Waals surface area (Å²) in [6.07, 6.45) is 6.22. The zero-order valence-corrected chi connectivity index (χ0v) is 9.89. The van der Waals surface area contributed by atoms with E-state index in [9.17, 15) is 0 Å². The van der Waals surface area contributed by atoms with E-state index >= 15 is 0 Å². The lowest BCUT2D eigenvalue weighted by atomic mass is 9.80. The Bertz CT molecular complexity index is 474. The lowest BCUT2D eigenvalue weighted by Crippen LogP contribution is -2.14. The highest BCUT2D eigenvalue weighted by atomic mass is 14.7. The minimum atomic E-state index is 0.395. The fourth-order valence-electron chi connectivity index (χ4n) is 2.30. The van der Waals surface area contributed by atoms with Crippen molar-refractivity contribution in [3.8, 4) is 0 Å². The van der Waals surface area contributed by atoms with Crippen molar-refractivity contribution in [2.45, 2.75) is 19.3 Å². The van der Waals surface area contributed by atoms with Crippen molar-refractivity contribution in [1.29, 1.82) is 0 Å². The normalized spacial score (nSPS) is 19.9. The molecule has 1 aliphatic rings. The Hall–Kier alpha value is -1.90. The summed E-state index contributed by atoms with van der Waals surface area (Å²) in [4.78, 5) is 8.31. The van der Waals surface area contributed by atoms with Gasteiger partial charge in [0.15, 0.2) is 0 Å². The zero-order chi connectivity index (χ0) is 12.3. The molecule has 1 aliphatic carbocycles. The molecule has 0 aromatic carbocycles. The van der Waals surface area contributed by atoms with Gasteiger partial charge in [0.25, 0.3) is 0 Å². The van der Waals surface area contributed by atoms with E-state index in [0.29, 0.717) is 5.92 Å². The maximum Gasteiger partial charge on any atom is 0.0556 e. The molecule has 17 heavy (non-hydrogen) atoms. The number of fused-ring (bicyclic) bond motifs is 1. The van der Waals surface area contributed by atoms with E-state index in [1.165, 1.54) is 11.8 Å². The molecule has 0 aliphatic heterocycles. The summed E-state index contributed by atoms with van der Waals surface area (Å²) in [6, 6.07) is 4.04. The third-order valence-corrected chi connectivity index (χ3v) is 3.31. The molecule has 1 heterocycles. The molecule has 88 valence electrons. The number of aliphatic imine (C=N–C) groups is 1. The molecule has 0 bridgehead atoms. The number of nitrogens with two attached hydrogens (primary N) is 1. The van der Waals surface area contributed by atoms with E-state index in [4.69, 9.17) is 5.73 Å². The number of aromatic nitrogens is 1. The monoisotopic (exact) mass is 227 g/mol. The standard InChI is InChI=1S/C14H17N3/c1-10-11(8-12(9-15)16-2)5-6-14-13(10)4-3-7-17-14/h3-4,7,9,11H,1-2,5-6,8,15H2/b12-9-. The van der Waals surface area contributed by atoms with Gasteiger partial charge in [-0.05, 0) is 49.1 Å². The molecule has 1 aromatic rings. The second-order valence-corrected chi connectivity index (χ2v) is 4.28. The van der Waals surface area contributed by atoms with Crippen LogP contribution in [0.2, 0.25) is 0 Å². The van der Waals surface area contributed by atoms with Crippen LogP contribution in [-0.2, 0) is 6.42 Å². The number of rotatable bonds is 3. The summed E-state index contributed by atoms with van der Waals surface area (Å²) in [7, 11) is 0. The number of hydrogen-bond acceptors (Lipinski definition) is 3. The molecular weight excluding hydrogens is 210 g/mol. The molecule has 0 spiro atoms. The van der Waals surface area contributed by atoms with Crippen LogP contribution < -0.4 is 5.73 Å². The Kier molecular flexibility index (Phi) is 3.38. The summed E-state index contributed by atoms with van der Waals surface area (Å²) in [5, 5.41) is 0. The maximum atomic E-state index is 5.50. The van der Waals surface area contributed by atoms with Gasteiger partial charge in [-0.3, -0.25) is 9.98 Å². The van der Waals surface area contributed by atoms with Gasteiger partial charge in [-0.15, -0.1) is 0 Å². The van der Waals surface area contributed by atoms with Crippen LogP contribution in [0.25, 0.3) is 5.57 Å². The lowest BCUT2D eigenvalue weighted by molar-refractivity contribution is 0.575. The van der Waals surface area contributed by atoms with Gasteiger partial charge >= 0.3 is 0 Å². The molecule has 1 unspecified atom stereocenters. The quantitative estimate of drug-likeness (QED) is 0.807. The second kappa shape index (κ2) is 4.95. The van der Waals surface area contributed by atoms with E-state index in [2.05, 4.69) is 29.3 Å². The van der Waals surface area contributed by atoms with Gasteiger partial charge in [0, 0.05) is 18.1 Å². The summed E-state index contributed by atoms with van der Waals surface area (Å²) < 4.78 is 0. The number of aryl methyl sites for hydroxylation is 1. The van der Waals surface area contributed by atoms with Gasteiger partial charge in [-0.2, -0.15) is 0 Å². The minimum absolute atomic E-state index is 0.395. The van der Waals surface area contributed by atoms with Crippen LogP contribution in [0.4, 0.5) is 0 Å². The molecule has 2 rings (SSSR count). The molecule has 3 heteroatoms. The van der Waals surface area contributed by atoms with Gasteiger partial charge in [0.2, 0.25) is 0 Å². The molecule has 0 saturated carbocycles. The van der Waals surface area contributed by atoms with Gasteiger partial charge < -0.3 is 5.73 Å². The van der Waals surface area contributed by atoms with Crippen LogP contribution >= 0.6 is 0 Å². The first-order valence-corrected chi connectivity index (χ1v) is 5.76. The van der Waals surface area contributed by atoms with Crippen molar-refractivity contribution in [2.24, 2.45) is 16.6 Å². The van der Waals surface area contributed by atoms with Crippen LogP contribution in [0.1, 0.15) is 24.1 Å². The fourth-order valence-corrected chi connectivity index (χ4v) is 2.30. The summed E-state index contributed by atoms with van der Waals surface area (Å²) in [5.41, 5.74) is 9.82. The van der Waals surface area contributed by atoms with E-state index in [1.54, 1.807) is 0 Å². The molecule has 0 saturated heterocycles. The van der Waals surface area contributed by atoms with Crippen LogP contribution in [0.3, 0.4) is 0 Å². The smallest absolute Gasteiger partial charge is 0.0556 e. The Morgan fingerprint density at radius 3 is 3.18 bits per heavy atom. The predicted molar refractivity (Wildman–Crippen MR) is 71.5 cm³/mol. The molecule has 0 fully saturated rings. The van der Waals surface area contributed by atoms with E-state index in [1.807, 2.05) is 12.3 Å². The summed E-state index contributed by atoms with van der Waals surface area (Å²) in [6.45, 7) is 7.71. The second-order valence-electron chi connectivity index (χ2n) is 4.28.